The van der Waals surface area contributed by atoms with Gasteiger partial charge in [-0.2, -0.15) is 14.9 Å². The minimum atomic E-state index is -0.544. The van der Waals surface area contributed by atoms with Gasteiger partial charge in [-0.1, -0.05) is 12.1 Å². The van der Waals surface area contributed by atoms with Gasteiger partial charge in [-0.15, -0.1) is 0 Å². The fraction of sp³-hybridized carbons (Fsp3) is 0.464. The summed E-state index contributed by atoms with van der Waals surface area (Å²) < 4.78 is 27.8. The van der Waals surface area contributed by atoms with Crippen molar-refractivity contribution in [1.29, 1.82) is 0 Å². The third-order valence-electron chi connectivity index (χ3n) is 8.13. The highest BCUT2D eigenvalue weighted by molar-refractivity contribution is 6.65. The van der Waals surface area contributed by atoms with E-state index in [0.29, 0.717) is 19.8 Å². The van der Waals surface area contributed by atoms with E-state index >= 15 is 0 Å². The maximum atomic E-state index is 6.49. The molecule has 2 saturated heterocycles. The van der Waals surface area contributed by atoms with Gasteiger partial charge >= 0.3 is 7.12 Å². The summed E-state index contributed by atoms with van der Waals surface area (Å²) in [5.74, 6) is 2.49. The molecular weight excluding hydrogens is 495 g/mol. The summed E-state index contributed by atoms with van der Waals surface area (Å²) in [6.45, 7) is 13.1. The Morgan fingerprint density at radius 1 is 1.05 bits per heavy atom. The number of morpholine rings is 1. The Morgan fingerprint density at radius 2 is 1.79 bits per heavy atom. The Morgan fingerprint density at radius 3 is 2.49 bits per heavy atom. The molecule has 0 spiro atoms. The molecule has 11 heteroatoms. The van der Waals surface area contributed by atoms with Crippen LogP contribution in [0.1, 0.15) is 40.2 Å². The average Bonchev–Trinajstić information content (AvgIpc) is 3.59. The third kappa shape index (κ3) is 4.58. The number of anilines is 1. The maximum absolute atomic E-state index is 6.49. The Kier molecular flexibility index (Phi) is 6.40. The number of benzene rings is 1. The molecule has 0 unspecified atom stereocenters. The van der Waals surface area contributed by atoms with Gasteiger partial charge in [0, 0.05) is 18.0 Å². The summed E-state index contributed by atoms with van der Waals surface area (Å²) >= 11 is 0. The second-order valence-electron chi connectivity index (χ2n) is 11.3. The quantitative estimate of drug-likeness (QED) is 0.352. The van der Waals surface area contributed by atoms with E-state index < -0.39 is 18.3 Å². The molecule has 4 aromatic rings. The highest BCUT2D eigenvalue weighted by atomic mass is 16.7. The summed E-state index contributed by atoms with van der Waals surface area (Å²) in [4.78, 5) is 7.42. The van der Waals surface area contributed by atoms with Crippen molar-refractivity contribution in [2.75, 3.05) is 31.8 Å². The zero-order valence-corrected chi connectivity index (χ0v) is 23.4. The summed E-state index contributed by atoms with van der Waals surface area (Å²) in [5, 5.41) is 10.3. The minimum absolute atomic E-state index is 0.187. The third-order valence-corrected chi connectivity index (χ3v) is 8.13. The molecule has 39 heavy (non-hydrogen) atoms. The molecule has 0 saturated carbocycles. The number of rotatable bonds is 6. The van der Waals surface area contributed by atoms with Crippen LogP contribution in [0.4, 0.5) is 5.82 Å². The van der Waals surface area contributed by atoms with Crippen LogP contribution in [0, 0.1) is 0 Å². The van der Waals surface area contributed by atoms with E-state index in [2.05, 4.69) is 50.7 Å². The zero-order valence-electron chi connectivity index (χ0n) is 23.4. The summed E-state index contributed by atoms with van der Waals surface area (Å²) in [7, 11) is 1.12. The lowest BCUT2D eigenvalue weighted by Crippen LogP contribution is -2.45. The summed E-state index contributed by atoms with van der Waals surface area (Å²) in [6, 6.07) is 12.2. The fourth-order valence-electron chi connectivity index (χ4n) is 5.09. The van der Waals surface area contributed by atoms with E-state index in [-0.39, 0.29) is 6.04 Å². The Labute approximate surface area is 229 Å². The van der Waals surface area contributed by atoms with Gasteiger partial charge in [0.15, 0.2) is 11.5 Å². The molecule has 10 nitrogen and oxygen atoms in total. The number of hydrogen-bond acceptors (Lipinski definition) is 8. The van der Waals surface area contributed by atoms with E-state index in [9.17, 15) is 0 Å². The SMILES string of the molecule is COc1ccc(Cn2nccc2-n2ncc3c(B4OC(C)(C)C(C)(C)O4)cc(N4CCOC[C@H]4C)nc32)cc1. The van der Waals surface area contributed by atoms with Crippen molar-refractivity contribution in [3.63, 3.8) is 0 Å². The molecule has 0 aliphatic carbocycles. The predicted molar refractivity (Wildman–Crippen MR) is 150 cm³/mol. The molecule has 1 aromatic carbocycles. The van der Waals surface area contributed by atoms with Crippen LogP contribution in [0.25, 0.3) is 16.9 Å². The van der Waals surface area contributed by atoms with Crippen LogP contribution in [-0.4, -0.2) is 75.8 Å². The molecule has 5 heterocycles. The normalized spacial score (nSPS) is 20.6. The van der Waals surface area contributed by atoms with E-state index in [4.69, 9.17) is 28.9 Å². The van der Waals surface area contributed by atoms with Crippen molar-refractivity contribution in [3.05, 3.63) is 54.4 Å². The zero-order chi connectivity index (χ0) is 27.4. The molecule has 6 rings (SSSR count). The van der Waals surface area contributed by atoms with Crippen molar-refractivity contribution >= 4 is 29.4 Å². The number of nitrogens with zero attached hydrogens (tertiary/aromatic N) is 6. The van der Waals surface area contributed by atoms with Crippen molar-refractivity contribution in [2.24, 2.45) is 0 Å². The van der Waals surface area contributed by atoms with Crippen molar-refractivity contribution in [3.8, 4) is 11.6 Å². The lowest BCUT2D eigenvalue weighted by atomic mass is 9.77. The smallest absolute Gasteiger partial charge is 0.495 e. The van der Waals surface area contributed by atoms with Crippen molar-refractivity contribution in [1.82, 2.24) is 24.5 Å². The predicted octanol–water partition coefficient (Wildman–Crippen LogP) is 3.20. The van der Waals surface area contributed by atoms with Gasteiger partial charge in [0.05, 0.1) is 56.5 Å². The van der Waals surface area contributed by atoms with Crippen LogP contribution in [-0.2, 0) is 20.6 Å². The molecule has 3 aromatic heterocycles. The molecule has 204 valence electrons. The minimum Gasteiger partial charge on any atom is -0.497 e. The van der Waals surface area contributed by atoms with E-state index in [1.165, 1.54) is 0 Å². The maximum Gasteiger partial charge on any atom is 0.495 e. The molecule has 2 fully saturated rings. The molecule has 0 N–H and O–H groups in total. The molecule has 2 aliphatic rings. The van der Waals surface area contributed by atoms with Gasteiger partial charge in [0.25, 0.3) is 0 Å². The van der Waals surface area contributed by atoms with Crippen LogP contribution in [0.3, 0.4) is 0 Å². The van der Waals surface area contributed by atoms with Gasteiger partial charge in [0.2, 0.25) is 0 Å². The Balaban J connectivity index is 1.45. The van der Waals surface area contributed by atoms with Gasteiger partial charge in [-0.25, -0.2) is 9.67 Å². The highest BCUT2D eigenvalue weighted by Gasteiger charge is 2.52. The van der Waals surface area contributed by atoms with Crippen LogP contribution in [0.5, 0.6) is 5.75 Å². The largest absolute Gasteiger partial charge is 0.497 e. The second kappa shape index (κ2) is 9.65. The highest BCUT2D eigenvalue weighted by Crippen LogP contribution is 2.37. The van der Waals surface area contributed by atoms with Crippen LogP contribution in [0.15, 0.2) is 48.8 Å². The number of hydrogen-bond donors (Lipinski definition) is 0. The summed E-state index contributed by atoms with van der Waals surface area (Å²) in [6.07, 6.45) is 3.63. The fourth-order valence-corrected chi connectivity index (χ4v) is 5.09. The first-order valence-corrected chi connectivity index (χ1v) is 13.4. The Bertz CT molecular complexity index is 1470. The average molecular weight is 530 g/mol. The number of ether oxygens (including phenoxy) is 2. The van der Waals surface area contributed by atoms with Crippen LogP contribution in [0.2, 0.25) is 0 Å². The van der Waals surface area contributed by atoms with E-state index in [1.807, 2.05) is 45.9 Å². The summed E-state index contributed by atoms with van der Waals surface area (Å²) in [5.41, 5.74) is 1.82. The molecular formula is C28H35BN6O4. The van der Waals surface area contributed by atoms with Crippen LogP contribution >= 0.6 is 0 Å². The number of pyridine rings is 1. The first-order chi connectivity index (χ1) is 18.7. The molecule has 0 bridgehead atoms. The lowest BCUT2D eigenvalue weighted by molar-refractivity contribution is 0.00578. The number of fused-ring (bicyclic) bond motifs is 1. The Hall–Kier alpha value is -3.41. The van der Waals surface area contributed by atoms with E-state index in [1.54, 1.807) is 13.3 Å². The monoisotopic (exact) mass is 530 g/mol. The van der Waals surface area contributed by atoms with E-state index in [0.717, 1.165) is 46.0 Å². The van der Waals surface area contributed by atoms with Crippen molar-refractivity contribution < 1.29 is 18.8 Å². The molecule has 2 aliphatic heterocycles. The molecule has 0 radical (unpaired) electrons. The van der Waals surface area contributed by atoms with Gasteiger partial charge in [0.1, 0.15) is 11.6 Å². The molecule has 0 amide bonds. The first-order valence-electron chi connectivity index (χ1n) is 13.4. The molecule has 1 atom stereocenters. The first kappa shape index (κ1) is 25.9. The standard InChI is InChI=1S/C28H35BN6O4/c1-19-18-37-14-13-33(19)24-15-23(29-38-27(2,3)28(4,5)39-29)22-16-31-35(26(22)32-24)25-11-12-30-34(25)17-20-7-9-21(36-6)10-8-20/h7-12,15-16,19H,13-14,17-18H2,1-6H3/t19-/m1/s1. The van der Waals surface area contributed by atoms with Gasteiger partial charge in [-0.3, -0.25) is 0 Å². The van der Waals surface area contributed by atoms with Crippen LogP contribution < -0.4 is 15.1 Å². The second-order valence-corrected chi connectivity index (χ2v) is 11.3. The lowest BCUT2D eigenvalue weighted by Gasteiger charge is -2.34. The number of methoxy groups -OCH3 is 1. The van der Waals surface area contributed by atoms with Gasteiger partial charge in [-0.05, 0) is 63.8 Å². The topological polar surface area (TPSA) is 88.7 Å². The van der Waals surface area contributed by atoms with Crippen molar-refractivity contribution in [2.45, 2.75) is 58.4 Å². The number of aromatic nitrogens is 5. The van der Waals surface area contributed by atoms with Gasteiger partial charge < -0.3 is 23.7 Å².